The number of aromatic nitrogens is 1. The second kappa shape index (κ2) is 5.55. The van der Waals surface area contributed by atoms with Crippen LogP contribution in [-0.4, -0.2) is 25.6 Å². The minimum atomic E-state index is -3.75. The van der Waals surface area contributed by atoms with Crippen molar-refractivity contribution in [1.29, 1.82) is 0 Å². The lowest BCUT2D eigenvalue weighted by atomic mass is 10.2. The highest BCUT2D eigenvalue weighted by atomic mass is 32.2. The second-order valence-corrected chi connectivity index (χ2v) is 6.26. The molecule has 0 bridgehead atoms. The van der Waals surface area contributed by atoms with E-state index in [2.05, 4.69) is 10.3 Å². The first-order valence-corrected chi connectivity index (χ1v) is 7.89. The van der Waals surface area contributed by atoms with Gasteiger partial charge >= 0.3 is 10.1 Å². The molecule has 0 unspecified atom stereocenters. The number of thiazole rings is 1. The Kier molecular flexibility index (Phi) is 4.00. The zero-order valence-electron chi connectivity index (χ0n) is 10.2. The van der Waals surface area contributed by atoms with Gasteiger partial charge in [-0.15, -0.1) is 0 Å². The van der Waals surface area contributed by atoms with Gasteiger partial charge in [0, 0.05) is 0 Å². The Morgan fingerprint density at radius 1 is 1.40 bits per heavy atom. The van der Waals surface area contributed by atoms with Crippen LogP contribution in [-0.2, 0) is 10.1 Å². The fraction of sp³-hybridized carbons (Fsp3) is 0.0909. The molecule has 20 heavy (non-hydrogen) atoms. The fourth-order valence-electron chi connectivity index (χ4n) is 1.37. The summed E-state index contributed by atoms with van der Waals surface area (Å²) in [6.07, 6.45) is 1.84. The number of para-hydroxylation sites is 1. The van der Waals surface area contributed by atoms with E-state index in [1.54, 1.807) is 6.07 Å². The molecule has 9 heteroatoms. The van der Waals surface area contributed by atoms with Gasteiger partial charge in [0.1, 0.15) is 0 Å². The Morgan fingerprint density at radius 2 is 2.10 bits per heavy atom. The van der Waals surface area contributed by atoms with Gasteiger partial charge in [0.2, 0.25) is 0 Å². The SMILES string of the molecule is CS(=O)(=O)Oc1ccccc1C(=O)Nc1ncc(F)s1. The summed E-state index contributed by atoms with van der Waals surface area (Å²) in [7, 11) is -3.75. The molecule has 1 amide bonds. The van der Waals surface area contributed by atoms with Crippen LogP contribution in [0.15, 0.2) is 30.5 Å². The van der Waals surface area contributed by atoms with Crippen molar-refractivity contribution in [3.8, 4) is 5.75 Å². The molecule has 1 N–H and O–H groups in total. The smallest absolute Gasteiger partial charge is 0.306 e. The summed E-state index contributed by atoms with van der Waals surface area (Å²) in [6.45, 7) is 0. The Bertz CT molecular complexity index is 742. The van der Waals surface area contributed by atoms with Gasteiger partial charge in [0.15, 0.2) is 16.0 Å². The van der Waals surface area contributed by atoms with Gasteiger partial charge in [0.25, 0.3) is 5.91 Å². The van der Waals surface area contributed by atoms with E-state index >= 15 is 0 Å². The summed E-state index contributed by atoms with van der Waals surface area (Å²) in [5, 5.41) is 1.89. The quantitative estimate of drug-likeness (QED) is 0.870. The minimum absolute atomic E-state index is 0.00790. The monoisotopic (exact) mass is 316 g/mol. The summed E-state index contributed by atoms with van der Waals surface area (Å²) >= 11 is 0.661. The fourth-order valence-corrected chi connectivity index (χ4v) is 2.38. The van der Waals surface area contributed by atoms with E-state index in [9.17, 15) is 17.6 Å². The molecule has 0 aliphatic carbocycles. The van der Waals surface area contributed by atoms with E-state index in [1.165, 1.54) is 18.2 Å². The Hall–Kier alpha value is -2.00. The molecule has 2 rings (SSSR count). The van der Waals surface area contributed by atoms with E-state index < -0.39 is 21.2 Å². The summed E-state index contributed by atoms with van der Waals surface area (Å²) in [5.41, 5.74) is 0.00790. The van der Waals surface area contributed by atoms with Crippen molar-refractivity contribution in [2.75, 3.05) is 11.6 Å². The Labute approximate surface area is 118 Å². The zero-order chi connectivity index (χ0) is 14.8. The largest absolute Gasteiger partial charge is 0.382 e. The number of nitrogens with zero attached hydrogens (tertiary/aromatic N) is 1. The highest BCUT2D eigenvalue weighted by molar-refractivity contribution is 7.86. The van der Waals surface area contributed by atoms with Crippen molar-refractivity contribution in [3.05, 3.63) is 41.2 Å². The third kappa shape index (κ3) is 3.75. The normalized spacial score (nSPS) is 11.1. The third-order valence-corrected chi connectivity index (χ3v) is 3.25. The number of hydrogen-bond donors (Lipinski definition) is 1. The number of amides is 1. The highest BCUT2D eigenvalue weighted by Crippen LogP contribution is 2.22. The number of anilines is 1. The maximum atomic E-state index is 12.8. The van der Waals surface area contributed by atoms with Crippen LogP contribution in [0.5, 0.6) is 5.75 Å². The summed E-state index contributed by atoms with van der Waals surface area (Å²) in [4.78, 5) is 15.6. The lowest BCUT2D eigenvalue weighted by Gasteiger charge is -2.08. The van der Waals surface area contributed by atoms with Crippen LogP contribution < -0.4 is 9.50 Å². The van der Waals surface area contributed by atoms with Gasteiger partial charge in [-0.25, -0.2) is 4.98 Å². The molecule has 1 aromatic heterocycles. The molecule has 106 valence electrons. The first-order valence-electron chi connectivity index (χ1n) is 5.26. The van der Waals surface area contributed by atoms with E-state index in [0.29, 0.717) is 11.3 Å². The predicted molar refractivity (Wildman–Crippen MR) is 71.9 cm³/mol. The van der Waals surface area contributed by atoms with Crippen molar-refractivity contribution in [2.24, 2.45) is 0 Å². The number of benzene rings is 1. The van der Waals surface area contributed by atoms with E-state index in [0.717, 1.165) is 12.5 Å². The van der Waals surface area contributed by atoms with Crippen LogP contribution in [0.25, 0.3) is 0 Å². The lowest BCUT2D eigenvalue weighted by Crippen LogP contribution is -2.15. The molecular weight excluding hydrogens is 307 g/mol. The van der Waals surface area contributed by atoms with Gasteiger partial charge in [-0.05, 0) is 12.1 Å². The number of hydrogen-bond acceptors (Lipinski definition) is 6. The van der Waals surface area contributed by atoms with Crippen molar-refractivity contribution in [3.63, 3.8) is 0 Å². The highest BCUT2D eigenvalue weighted by Gasteiger charge is 2.16. The average molecular weight is 316 g/mol. The molecule has 6 nitrogen and oxygen atoms in total. The van der Waals surface area contributed by atoms with Crippen LogP contribution >= 0.6 is 11.3 Å². The first kappa shape index (κ1) is 14.4. The second-order valence-electron chi connectivity index (χ2n) is 3.71. The predicted octanol–water partition coefficient (Wildman–Crippen LogP) is 1.87. The Balaban J connectivity index is 2.25. The molecule has 0 saturated heterocycles. The molecular formula is C11H9FN2O4S2. The molecule has 1 aromatic carbocycles. The summed E-state index contributed by atoms with van der Waals surface area (Å²) in [6, 6.07) is 5.81. The van der Waals surface area contributed by atoms with Gasteiger partial charge < -0.3 is 4.18 Å². The topological polar surface area (TPSA) is 85.4 Å². The van der Waals surface area contributed by atoms with Gasteiger partial charge in [-0.3, -0.25) is 10.1 Å². The molecule has 1 heterocycles. The summed E-state index contributed by atoms with van der Waals surface area (Å²) < 4.78 is 39.7. The maximum absolute atomic E-state index is 12.8. The number of carbonyl (C=O) groups is 1. The van der Waals surface area contributed by atoms with E-state index in [4.69, 9.17) is 4.18 Å². The van der Waals surface area contributed by atoms with E-state index in [-0.39, 0.29) is 16.4 Å². The van der Waals surface area contributed by atoms with Gasteiger partial charge in [-0.1, -0.05) is 23.5 Å². The Morgan fingerprint density at radius 3 is 2.70 bits per heavy atom. The molecule has 0 atom stereocenters. The molecule has 0 saturated carbocycles. The number of rotatable bonds is 4. The minimum Gasteiger partial charge on any atom is -0.382 e. The summed E-state index contributed by atoms with van der Waals surface area (Å²) in [5.74, 6) is -0.747. The zero-order valence-corrected chi connectivity index (χ0v) is 11.8. The van der Waals surface area contributed by atoms with Crippen LogP contribution in [0.3, 0.4) is 0 Å². The number of nitrogens with one attached hydrogen (secondary N) is 1. The molecule has 0 aliphatic heterocycles. The van der Waals surface area contributed by atoms with Crippen LogP contribution in [0.4, 0.5) is 9.52 Å². The van der Waals surface area contributed by atoms with Gasteiger partial charge in [0.05, 0.1) is 18.0 Å². The van der Waals surface area contributed by atoms with Crippen LogP contribution in [0, 0.1) is 5.13 Å². The average Bonchev–Trinajstić information content (AvgIpc) is 2.73. The lowest BCUT2D eigenvalue weighted by molar-refractivity contribution is 0.102. The molecule has 2 aromatic rings. The molecule has 0 fully saturated rings. The van der Waals surface area contributed by atoms with Crippen LogP contribution in [0.1, 0.15) is 10.4 Å². The molecule has 0 aliphatic rings. The van der Waals surface area contributed by atoms with E-state index in [1.807, 2.05) is 0 Å². The van der Waals surface area contributed by atoms with Gasteiger partial charge in [-0.2, -0.15) is 12.8 Å². The molecule has 0 spiro atoms. The standard InChI is InChI=1S/C11H9FN2O4S2/c1-20(16,17)18-8-5-3-2-4-7(8)10(15)14-11-13-6-9(12)19-11/h2-6H,1H3,(H,13,14,15). The van der Waals surface area contributed by atoms with Crippen molar-refractivity contribution >= 4 is 32.5 Å². The number of carbonyl (C=O) groups excluding carboxylic acids is 1. The van der Waals surface area contributed by atoms with Crippen LogP contribution in [0.2, 0.25) is 0 Å². The molecule has 0 radical (unpaired) electrons. The van der Waals surface area contributed by atoms with Crippen molar-refractivity contribution in [2.45, 2.75) is 0 Å². The number of halogens is 1. The maximum Gasteiger partial charge on any atom is 0.306 e. The first-order chi connectivity index (χ1) is 9.35. The van der Waals surface area contributed by atoms with Crippen molar-refractivity contribution < 1.29 is 21.8 Å². The van der Waals surface area contributed by atoms with Crippen molar-refractivity contribution in [1.82, 2.24) is 4.98 Å². The third-order valence-electron chi connectivity index (χ3n) is 2.07.